The van der Waals surface area contributed by atoms with Crippen LogP contribution in [0, 0.1) is 12.7 Å². The number of hydrogen-bond acceptors (Lipinski definition) is 2. The van der Waals surface area contributed by atoms with Crippen molar-refractivity contribution in [2.45, 2.75) is 26.4 Å². The van der Waals surface area contributed by atoms with Crippen molar-refractivity contribution in [1.29, 1.82) is 0 Å². The fraction of sp³-hybridized carbons (Fsp3) is 0.267. The smallest absolute Gasteiger partial charge is 0.124 e. The van der Waals surface area contributed by atoms with Crippen LogP contribution in [0.25, 0.3) is 0 Å². The first-order valence-corrected chi connectivity index (χ1v) is 6.96. The van der Waals surface area contributed by atoms with Gasteiger partial charge in [-0.15, -0.1) is 0 Å². The normalized spacial score (nSPS) is 12.4. The third-order valence-corrected chi connectivity index (χ3v) is 3.81. The van der Waals surface area contributed by atoms with Crippen molar-refractivity contribution in [2.24, 2.45) is 0 Å². The molecule has 19 heavy (non-hydrogen) atoms. The highest BCUT2D eigenvalue weighted by Gasteiger charge is 2.10. The highest BCUT2D eigenvalue weighted by atomic mass is 79.9. The molecular formula is C15H16BrFN2. The van der Waals surface area contributed by atoms with Gasteiger partial charge in [-0.3, -0.25) is 4.98 Å². The Morgan fingerprint density at radius 1 is 1.37 bits per heavy atom. The van der Waals surface area contributed by atoms with Crippen molar-refractivity contribution in [2.75, 3.05) is 0 Å². The van der Waals surface area contributed by atoms with E-state index in [4.69, 9.17) is 0 Å². The lowest BCUT2D eigenvalue weighted by Gasteiger charge is -2.16. The van der Waals surface area contributed by atoms with Gasteiger partial charge in [0, 0.05) is 23.3 Å². The van der Waals surface area contributed by atoms with E-state index in [1.54, 1.807) is 12.3 Å². The number of hydrogen-bond donors (Lipinski definition) is 1. The van der Waals surface area contributed by atoms with E-state index in [9.17, 15) is 4.39 Å². The maximum Gasteiger partial charge on any atom is 0.124 e. The molecule has 1 heterocycles. The maximum absolute atomic E-state index is 13.1. The van der Waals surface area contributed by atoms with Gasteiger partial charge in [0.2, 0.25) is 0 Å². The number of aromatic nitrogens is 1. The van der Waals surface area contributed by atoms with Crippen LogP contribution in [0.2, 0.25) is 0 Å². The Hall–Kier alpha value is -1.26. The lowest BCUT2D eigenvalue weighted by Crippen LogP contribution is -2.19. The third kappa shape index (κ3) is 3.61. The predicted octanol–water partition coefficient (Wildman–Crippen LogP) is 4.14. The Morgan fingerprint density at radius 3 is 2.84 bits per heavy atom. The van der Waals surface area contributed by atoms with Crippen LogP contribution in [-0.2, 0) is 6.54 Å². The maximum atomic E-state index is 13.1. The number of rotatable bonds is 4. The van der Waals surface area contributed by atoms with Crippen molar-refractivity contribution in [3.63, 3.8) is 0 Å². The molecule has 0 spiro atoms. The summed E-state index contributed by atoms with van der Waals surface area (Å²) in [5.41, 5.74) is 3.24. The second-order valence-corrected chi connectivity index (χ2v) is 5.39. The first-order valence-electron chi connectivity index (χ1n) is 6.16. The van der Waals surface area contributed by atoms with Gasteiger partial charge in [-0.1, -0.05) is 28.1 Å². The molecule has 1 unspecified atom stereocenters. The van der Waals surface area contributed by atoms with Crippen LogP contribution in [0.15, 0.2) is 41.0 Å². The Labute approximate surface area is 121 Å². The summed E-state index contributed by atoms with van der Waals surface area (Å²) in [6.45, 7) is 4.79. The van der Waals surface area contributed by atoms with Gasteiger partial charge >= 0.3 is 0 Å². The molecule has 0 saturated carbocycles. The first kappa shape index (κ1) is 14.2. The van der Waals surface area contributed by atoms with Crippen LogP contribution in [-0.4, -0.2) is 4.98 Å². The van der Waals surface area contributed by atoms with Gasteiger partial charge in [0.25, 0.3) is 0 Å². The van der Waals surface area contributed by atoms with Crippen LogP contribution in [0.3, 0.4) is 0 Å². The quantitative estimate of drug-likeness (QED) is 0.915. The second kappa shape index (κ2) is 6.26. The molecule has 2 rings (SSSR count). The number of halogens is 2. The van der Waals surface area contributed by atoms with Crippen molar-refractivity contribution in [1.82, 2.24) is 10.3 Å². The molecule has 0 aliphatic heterocycles. The molecule has 1 atom stereocenters. The lowest BCUT2D eigenvalue weighted by atomic mass is 10.1. The van der Waals surface area contributed by atoms with Gasteiger partial charge in [-0.2, -0.15) is 0 Å². The van der Waals surface area contributed by atoms with E-state index in [1.807, 2.05) is 19.1 Å². The largest absolute Gasteiger partial charge is 0.305 e. The van der Waals surface area contributed by atoms with E-state index >= 15 is 0 Å². The predicted molar refractivity (Wildman–Crippen MR) is 78.3 cm³/mol. The summed E-state index contributed by atoms with van der Waals surface area (Å²) in [5.74, 6) is -0.233. The summed E-state index contributed by atoms with van der Waals surface area (Å²) in [4.78, 5) is 4.35. The summed E-state index contributed by atoms with van der Waals surface area (Å²) in [5, 5.41) is 3.40. The monoisotopic (exact) mass is 322 g/mol. The molecule has 0 bridgehead atoms. The fourth-order valence-corrected chi connectivity index (χ4v) is 2.61. The van der Waals surface area contributed by atoms with Crippen molar-refractivity contribution in [3.8, 4) is 0 Å². The minimum Gasteiger partial charge on any atom is -0.305 e. The molecule has 2 nitrogen and oxygen atoms in total. The van der Waals surface area contributed by atoms with Crippen molar-refractivity contribution >= 4 is 15.9 Å². The highest BCUT2D eigenvalue weighted by Crippen LogP contribution is 2.24. The molecule has 0 radical (unpaired) electrons. The zero-order chi connectivity index (χ0) is 13.8. The van der Waals surface area contributed by atoms with Crippen LogP contribution in [0.4, 0.5) is 4.39 Å². The van der Waals surface area contributed by atoms with Gasteiger partial charge in [0.15, 0.2) is 0 Å². The number of pyridine rings is 1. The molecule has 0 aliphatic rings. The molecule has 0 saturated heterocycles. The zero-order valence-electron chi connectivity index (χ0n) is 11.0. The van der Waals surface area contributed by atoms with Crippen LogP contribution >= 0.6 is 15.9 Å². The van der Waals surface area contributed by atoms with Gasteiger partial charge < -0.3 is 5.32 Å². The van der Waals surface area contributed by atoms with Gasteiger partial charge in [-0.05, 0) is 43.2 Å². The zero-order valence-corrected chi connectivity index (χ0v) is 12.5. The van der Waals surface area contributed by atoms with Crippen LogP contribution in [0.5, 0.6) is 0 Å². The molecule has 1 N–H and O–H groups in total. The van der Waals surface area contributed by atoms with Crippen LogP contribution < -0.4 is 5.32 Å². The first-order chi connectivity index (χ1) is 9.08. The summed E-state index contributed by atoms with van der Waals surface area (Å²) in [7, 11) is 0. The standard InChI is InChI=1S/C15H16BrFN2/c1-10-4-3-7-18-15(10)9-19-11(2)13-6-5-12(17)8-14(13)16/h3-8,11,19H,9H2,1-2H3. The lowest BCUT2D eigenvalue weighted by molar-refractivity contribution is 0.561. The number of nitrogens with one attached hydrogen (secondary N) is 1. The number of benzene rings is 1. The summed E-state index contributed by atoms with van der Waals surface area (Å²) in [6, 6.07) is 8.85. The van der Waals surface area contributed by atoms with Gasteiger partial charge in [-0.25, -0.2) is 4.39 Å². The molecular weight excluding hydrogens is 307 g/mol. The Morgan fingerprint density at radius 2 is 2.16 bits per heavy atom. The average molecular weight is 323 g/mol. The van der Waals surface area contributed by atoms with Gasteiger partial charge in [0.05, 0.1) is 5.69 Å². The highest BCUT2D eigenvalue weighted by molar-refractivity contribution is 9.10. The SMILES string of the molecule is Cc1cccnc1CNC(C)c1ccc(F)cc1Br. The van der Waals surface area contributed by atoms with E-state index < -0.39 is 0 Å². The Bertz CT molecular complexity index is 572. The van der Waals surface area contributed by atoms with Crippen molar-refractivity contribution in [3.05, 3.63) is 63.6 Å². The molecule has 1 aromatic heterocycles. The summed E-state index contributed by atoms with van der Waals surface area (Å²) >= 11 is 3.39. The summed E-state index contributed by atoms with van der Waals surface area (Å²) < 4.78 is 13.8. The topological polar surface area (TPSA) is 24.9 Å². The minimum atomic E-state index is -0.233. The molecule has 100 valence electrons. The van der Waals surface area contributed by atoms with E-state index in [0.29, 0.717) is 6.54 Å². The fourth-order valence-electron chi connectivity index (χ4n) is 1.92. The molecule has 1 aromatic carbocycles. The van der Waals surface area contributed by atoms with E-state index in [-0.39, 0.29) is 11.9 Å². The van der Waals surface area contributed by atoms with Gasteiger partial charge in [0.1, 0.15) is 5.82 Å². The summed E-state index contributed by atoms with van der Waals surface area (Å²) in [6.07, 6.45) is 1.79. The van der Waals surface area contributed by atoms with Crippen molar-refractivity contribution < 1.29 is 4.39 Å². The van der Waals surface area contributed by atoms with E-state index in [2.05, 4.69) is 33.2 Å². The van der Waals surface area contributed by atoms with Crippen LogP contribution in [0.1, 0.15) is 29.8 Å². The minimum absolute atomic E-state index is 0.122. The number of aryl methyl sites for hydroxylation is 1. The molecule has 0 amide bonds. The molecule has 4 heteroatoms. The Balaban J connectivity index is 2.05. The molecule has 2 aromatic rings. The number of nitrogens with zero attached hydrogens (tertiary/aromatic N) is 1. The van der Waals surface area contributed by atoms with E-state index in [1.165, 1.54) is 17.7 Å². The molecule has 0 aliphatic carbocycles. The Kier molecular flexibility index (Phi) is 4.66. The third-order valence-electron chi connectivity index (χ3n) is 3.12. The van der Waals surface area contributed by atoms with E-state index in [0.717, 1.165) is 15.7 Å². The average Bonchev–Trinajstić information content (AvgIpc) is 2.37. The molecule has 0 fully saturated rings. The second-order valence-electron chi connectivity index (χ2n) is 4.54.